The standard InChI is InChI=1S/C19H16O2S/c1-21-19(20)17-8-7-16-12-18(10-9-15(16)11-17)22-13-14-5-3-2-4-6-14/h2-12H,13H2,1H3. The summed E-state index contributed by atoms with van der Waals surface area (Å²) in [6.45, 7) is 0. The molecule has 3 aromatic carbocycles. The van der Waals surface area contributed by atoms with E-state index in [0.717, 1.165) is 16.5 Å². The van der Waals surface area contributed by atoms with Crippen molar-refractivity contribution >= 4 is 28.5 Å². The molecular formula is C19H16O2S. The zero-order valence-electron chi connectivity index (χ0n) is 12.3. The number of methoxy groups -OCH3 is 1. The van der Waals surface area contributed by atoms with Gasteiger partial charge in [-0.15, -0.1) is 11.8 Å². The minimum absolute atomic E-state index is 0.301. The van der Waals surface area contributed by atoms with Crippen molar-refractivity contribution in [1.82, 2.24) is 0 Å². The van der Waals surface area contributed by atoms with Crippen molar-refractivity contribution in [2.75, 3.05) is 7.11 Å². The zero-order chi connectivity index (χ0) is 15.4. The van der Waals surface area contributed by atoms with Crippen molar-refractivity contribution in [1.29, 1.82) is 0 Å². The molecule has 0 radical (unpaired) electrons. The lowest BCUT2D eigenvalue weighted by Crippen LogP contribution is -2.00. The maximum Gasteiger partial charge on any atom is 0.337 e. The predicted molar refractivity (Wildman–Crippen MR) is 91.3 cm³/mol. The first-order valence-electron chi connectivity index (χ1n) is 7.05. The Balaban J connectivity index is 1.80. The van der Waals surface area contributed by atoms with E-state index in [0.29, 0.717) is 5.56 Å². The van der Waals surface area contributed by atoms with Crippen LogP contribution in [0.1, 0.15) is 15.9 Å². The first kappa shape index (κ1) is 14.7. The molecule has 0 aliphatic rings. The van der Waals surface area contributed by atoms with Gasteiger partial charge in [-0.1, -0.05) is 42.5 Å². The van der Waals surface area contributed by atoms with Crippen LogP contribution >= 0.6 is 11.8 Å². The first-order chi connectivity index (χ1) is 10.8. The van der Waals surface area contributed by atoms with E-state index in [1.165, 1.54) is 17.6 Å². The summed E-state index contributed by atoms with van der Waals surface area (Å²) in [4.78, 5) is 12.8. The number of rotatable bonds is 4. The van der Waals surface area contributed by atoms with Crippen LogP contribution in [0.5, 0.6) is 0 Å². The number of carbonyl (C=O) groups is 1. The van der Waals surface area contributed by atoms with E-state index in [2.05, 4.69) is 42.5 Å². The van der Waals surface area contributed by atoms with Crippen LogP contribution in [0, 0.1) is 0 Å². The minimum atomic E-state index is -0.301. The van der Waals surface area contributed by atoms with Crippen molar-refractivity contribution in [3.63, 3.8) is 0 Å². The third-order valence-corrected chi connectivity index (χ3v) is 4.55. The van der Waals surface area contributed by atoms with Gasteiger partial charge in [0.15, 0.2) is 0 Å². The summed E-state index contributed by atoms with van der Waals surface area (Å²) in [7, 11) is 1.40. The molecule has 0 saturated heterocycles. The van der Waals surface area contributed by atoms with E-state index in [1.807, 2.05) is 30.0 Å². The van der Waals surface area contributed by atoms with Crippen LogP contribution in [0.25, 0.3) is 10.8 Å². The van der Waals surface area contributed by atoms with E-state index in [9.17, 15) is 4.79 Å². The molecule has 0 bridgehead atoms. The molecule has 0 fully saturated rings. The van der Waals surface area contributed by atoms with Gasteiger partial charge in [0.05, 0.1) is 12.7 Å². The van der Waals surface area contributed by atoms with Gasteiger partial charge in [0, 0.05) is 10.6 Å². The van der Waals surface area contributed by atoms with Gasteiger partial charge in [-0.25, -0.2) is 4.79 Å². The van der Waals surface area contributed by atoms with Crippen molar-refractivity contribution in [2.45, 2.75) is 10.6 Å². The molecule has 3 heteroatoms. The second-order valence-electron chi connectivity index (χ2n) is 4.99. The molecule has 0 aliphatic carbocycles. The van der Waals surface area contributed by atoms with Crippen LogP contribution in [-0.2, 0) is 10.5 Å². The summed E-state index contributed by atoms with van der Waals surface area (Å²) in [5.41, 5.74) is 1.90. The highest BCUT2D eigenvalue weighted by molar-refractivity contribution is 7.98. The van der Waals surface area contributed by atoms with Crippen molar-refractivity contribution < 1.29 is 9.53 Å². The fraction of sp³-hybridized carbons (Fsp3) is 0.105. The summed E-state index contributed by atoms with van der Waals surface area (Å²) in [6, 6.07) is 22.4. The molecule has 0 amide bonds. The lowest BCUT2D eigenvalue weighted by Gasteiger charge is -2.06. The third-order valence-electron chi connectivity index (χ3n) is 3.48. The second kappa shape index (κ2) is 6.67. The molecule has 0 atom stereocenters. The van der Waals surface area contributed by atoms with Crippen LogP contribution in [0.4, 0.5) is 0 Å². The Morgan fingerprint density at radius 2 is 1.68 bits per heavy atom. The molecule has 22 heavy (non-hydrogen) atoms. The van der Waals surface area contributed by atoms with Gasteiger partial charge in [-0.05, 0) is 40.6 Å². The summed E-state index contributed by atoms with van der Waals surface area (Å²) < 4.78 is 4.75. The summed E-state index contributed by atoms with van der Waals surface area (Å²) in [6.07, 6.45) is 0. The molecule has 2 nitrogen and oxygen atoms in total. The summed E-state index contributed by atoms with van der Waals surface area (Å²) in [5.74, 6) is 0.650. The fourth-order valence-electron chi connectivity index (χ4n) is 2.30. The van der Waals surface area contributed by atoms with E-state index in [1.54, 1.807) is 6.07 Å². The minimum Gasteiger partial charge on any atom is -0.465 e. The highest BCUT2D eigenvalue weighted by atomic mass is 32.2. The quantitative estimate of drug-likeness (QED) is 0.505. The number of fused-ring (bicyclic) bond motifs is 1. The lowest BCUT2D eigenvalue weighted by molar-refractivity contribution is 0.0601. The third kappa shape index (κ3) is 3.31. The Morgan fingerprint density at radius 3 is 2.45 bits per heavy atom. The monoisotopic (exact) mass is 308 g/mol. The molecular weight excluding hydrogens is 292 g/mol. The zero-order valence-corrected chi connectivity index (χ0v) is 13.1. The maximum absolute atomic E-state index is 11.6. The second-order valence-corrected chi connectivity index (χ2v) is 6.04. The predicted octanol–water partition coefficient (Wildman–Crippen LogP) is 4.92. The molecule has 0 N–H and O–H groups in total. The van der Waals surface area contributed by atoms with E-state index < -0.39 is 0 Å². The largest absolute Gasteiger partial charge is 0.465 e. The Morgan fingerprint density at radius 1 is 0.955 bits per heavy atom. The number of hydrogen-bond acceptors (Lipinski definition) is 3. The van der Waals surface area contributed by atoms with E-state index in [4.69, 9.17) is 4.74 Å². The molecule has 110 valence electrons. The first-order valence-corrected chi connectivity index (χ1v) is 8.04. The molecule has 0 saturated carbocycles. The van der Waals surface area contributed by atoms with Gasteiger partial charge in [0.25, 0.3) is 0 Å². The number of carbonyl (C=O) groups excluding carboxylic acids is 1. The van der Waals surface area contributed by atoms with E-state index in [-0.39, 0.29) is 5.97 Å². The molecule has 0 spiro atoms. The van der Waals surface area contributed by atoms with Gasteiger partial charge in [0.2, 0.25) is 0 Å². The molecule has 0 heterocycles. The average molecular weight is 308 g/mol. The molecule has 0 unspecified atom stereocenters. The molecule has 0 aliphatic heterocycles. The summed E-state index contributed by atoms with van der Waals surface area (Å²) >= 11 is 1.81. The van der Waals surface area contributed by atoms with Crippen molar-refractivity contribution in [3.8, 4) is 0 Å². The van der Waals surface area contributed by atoms with Gasteiger partial charge < -0.3 is 4.74 Å². The molecule has 3 aromatic rings. The Labute approximate surface area is 134 Å². The Kier molecular flexibility index (Phi) is 4.45. The van der Waals surface area contributed by atoms with Crippen LogP contribution in [0.3, 0.4) is 0 Å². The van der Waals surface area contributed by atoms with E-state index >= 15 is 0 Å². The number of benzene rings is 3. The molecule has 3 rings (SSSR count). The van der Waals surface area contributed by atoms with Gasteiger partial charge in [0.1, 0.15) is 0 Å². The van der Waals surface area contributed by atoms with Gasteiger partial charge in [-0.3, -0.25) is 0 Å². The van der Waals surface area contributed by atoms with Crippen molar-refractivity contribution in [3.05, 3.63) is 77.9 Å². The molecule has 0 aromatic heterocycles. The highest BCUT2D eigenvalue weighted by Crippen LogP contribution is 2.27. The normalized spacial score (nSPS) is 10.6. The van der Waals surface area contributed by atoms with Crippen molar-refractivity contribution in [2.24, 2.45) is 0 Å². The van der Waals surface area contributed by atoms with Crippen LogP contribution in [0.2, 0.25) is 0 Å². The number of thioether (sulfide) groups is 1. The summed E-state index contributed by atoms with van der Waals surface area (Å²) in [5, 5.41) is 2.18. The number of hydrogen-bond donors (Lipinski definition) is 0. The van der Waals surface area contributed by atoms with Gasteiger partial charge >= 0.3 is 5.97 Å². The van der Waals surface area contributed by atoms with Crippen LogP contribution < -0.4 is 0 Å². The lowest BCUT2D eigenvalue weighted by atomic mass is 10.1. The fourth-order valence-corrected chi connectivity index (χ4v) is 3.20. The van der Waals surface area contributed by atoms with Crippen LogP contribution in [0.15, 0.2) is 71.6 Å². The smallest absolute Gasteiger partial charge is 0.337 e. The number of ether oxygens (including phenoxy) is 1. The maximum atomic E-state index is 11.6. The topological polar surface area (TPSA) is 26.3 Å². The number of esters is 1. The van der Waals surface area contributed by atoms with Gasteiger partial charge in [-0.2, -0.15) is 0 Å². The Bertz CT molecular complexity index is 797. The van der Waals surface area contributed by atoms with Crippen LogP contribution in [-0.4, -0.2) is 13.1 Å². The highest BCUT2D eigenvalue weighted by Gasteiger charge is 2.06. The average Bonchev–Trinajstić information content (AvgIpc) is 2.59. The Hall–Kier alpha value is -2.26. The SMILES string of the molecule is COC(=O)c1ccc2cc(SCc3ccccc3)ccc2c1.